The van der Waals surface area contributed by atoms with E-state index in [4.69, 9.17) is 0 Å². The molecule has 1 aromatic carbocycles. The lowest BCUT2D eigenvalue weighted by atomic mass is 10.1. The molecular formula is C15H17FN2OS. The van der Waals surface area contributed by atoms with E-state index in [0.29, 0.717) is 13.0 Å². The van der Waals surface area contributed by atoms with E-state index in [1.165, 1.54) is 17.0 Å². The fourth-order valence-electron chi connectivity index (χ4n) is 1.92. The summed E-state index contributed by atoms with van der Waals surface area (Å²) in [6.07, 6.45) is 0.315. The van der Waals surface area contributed by atoms with Gasteiger partial charge in [0.15, 0.2) is 5.78 Å². The Labute approximate surface area is 122 Å². The molecule has 5 heteroatoms. The summed E-state index contributed by atoms with van der Waals surface area (Å²) in [5.74, 6) is -0.602. The van der Waals surface area contributed by atoms with Crippen LogP contribution in [-0.4, -0.2) is 29.3 Å². The lowest BCUT2D eigenvalue weighted by Crippen LogP contribution is -2.21. The van der Waals surface area contributed by atoms with Crippen LogP contribution in [0.25, 0.3) is 0 Å². The molecule has 0 aliphatic heterocycles. The van der Waals surface area contributed by atoms with E-state index < -0.39 is 5.82 Å². The molecule has 20 heavy (non-hydrogen) atoms. The maximum Gasteiger partial charge on any atom is 0.167 e. The van der Waals surface area contributed by atoms with Crippen molar-refractivity contribution in [1.82, 2.24) is 9.88 Å². The number of rotatable bonds is 6. The molecule has 106 valence electrons. The molecule has 1 aromatic heterocycles. The average Bonchev–Trinajstić information content (AvgIpc) is 2.82. The number of aryl methyl sites for hydroxylation is 1. The van der Waals surface area contributed by atoms with Gasteiger partial charge in [-0.2, -0.15) is 0 Å². The van der Waals surface area contributed by atoms with Crippen LogP contribution in [0, 0.1) is 12.7 Å². The highest BCUT2D eigenvalue weighted by molar-refractivity contribution is 7.09. The summed E-state index contributed by atoms with van der Waals surface area (Å²) in [6.45, 7) is 3.34. The Morgan fingerprint density at radius 2 is 2.15 bits per heavy atom. The van der Waals surface area contributed by atoms with Crippen molar-refractivity contribution in [3.8, 4) is 0 Å². The molecule has 2 rings (SSSR count). The minimum Gasteiger partial charge on any atom is -0.301 e. The SMILES string of the molecule is Cc1ncsc1CN(C)CCC(=O)c1ccccc1F. The third kappa shape index (κ3) is 3.71. The molecule has 0 atom stereocenters. The van der Waals surface area contributed by atoms with E-state index in [9.17, 15) is 9.18 Å². The number of carbonyl (C=O) groups is 1. The quantitative estimate of drug-likeness (QED) is 0.766. The van der Waals surface area contributed by atoms with Crippen molar-refractivity contribution in [2.45, 2.75) is 19.9 Å². The van der Waals surface area contributed by atoms with Crippen LogP contribution in [0.2, 0.25) is 0 Å². The van der Waals surface area contributed by atoms with E-state index in [1.807, 2.05) is 19.5 Å². The van der Waals surface area contributed by atoms with Crippen LogP contribution in [0.1, 0.15) is 27.3 Å². The van der Waals surface area contributed by atoms with Gasteiger partial charge in [-0.15, -0.1) is 11.3 Å². The van der Waals surface area contributed by atoms with Gasteiger partial charge < -0.3 is 4.90 Å². The summed E-state index contributed by atoms with van der Waals surface area (Å²) >= 11 is 1.61. The van der Waals surface area contributed by atoms with Crippen LogP contribution >= 0.6 is 11.3 Å². The molecule has 2 aromatic rings. The first-order valence-corrected chi connectivity index (χ1v) is 7.31. The number of aromatic nitrogens is 1. The van der Waals surface area contributed by atoms with Crippen molar-refractivity contribution in [3.63, 3.8) is 0 Å². The van der Waals surface area contributed by atoms with E-state index in [2.05, 4.69) is 9.88 Å². The molecule has 0 unspecified atom stereocenters. The fourth-order valence-corrected chi connectivity index (χ4v) is 2.77. The van der Waals surface area contributed by atoms with Crippen LogP contribution in [0.3, 0.4) is 0 Å². The van der Waals surface area contributed by atoms with Crippen LogP contribution in [0.4, 0.5) is 4.39 Å². The van der Waals surface area contributed by atoms with Crippen molar-refractivity contribution in [2.75, 3.05) is 13.6 Å². The van der Waals surface area contributed by atoms with Crippen molar-refractivity contribution in [3.05, 3.63) is 51.7 Å². The summed E-state index contributed by atoms with van der Waals surface area (Å²) in [7, 11) is 1.95. The van der Waals surface area contributed by atoms with E-state index >= 15 is 0 Å². The zero-order chi connectivity index (χ0) is 14.5. The van der Waals surface area contributed by atoms with Gasteiger partial charge in [-0.3, -0.25) is 4.79 Å². The van der Waals surface area contributed by atoms with Gasteiger partial charge in [-0.05, 0) is 26.1 Å². The number of halogens is 1. The first-order valence-electron chi connectivity index (χ1n) is 6.43. The largest absolute Gasteiger partial charge is 0.301 e. The summed E-state index contributed by atoms with van der Waals surface area (Å²) < 4.78 is 13.5. The van der Waals surface area contributed by atoms with E-state index in [0.717, 1.165) is 12.2 Å². The second kappa shape index (κ2) is 6.72. The Morgan fingerprint density at radius 1 is 1.40 bits per heavy atom. The molecule has 0 radical (unpaired) electrons. The fraction of sp³-hybridized carbons (Fsp3) is 0.333. The van der Waals surface area contributed by atoms with Gasteiger partial charge in [0.1, 0.15) is 5.82 Å². The standard InChI is InChI=1S/C15H17FN2OS/c1-11-15(20-10-17-11)9-18(2)8-7-14(19)12-5-3-4-6-13(12)16/h3-6,10H,7-9H2,1-2H3. The van der Waals surface area contributed by atoms with Gasteiger partial charge in [0, 0.05) is 24.4 Å². The average molecular weight is 292 g/mol. The number of Topliss-reactive ketones (excluding diaryl/α,β-unsaturated/α-hetero) is 1. The molecule has 0 amide bonds. The zero-order valence-corrected chi connectivity index (χ0v) is 12.4. The minimum absolute atomic E-state index is 0.157. The maximum absolute atomic E-state index is 13.5. The van der Waals surface area contributed by atoms with Gasteiger partial charge in [0.25, 0.3) is 0 Å². The summed E-state index contributed by atoms with van der Waals surface area (Å²) in [5.41, 5.74) is 3.03. The number of nitrogens with zero attached hydrogens (tertiary/aromatic N) is 2. The first-order chi connectivity index (χ1) is 9.58. The Balaban J connectivity index is 1.87. The number of benzene rings is 1. The smallest absolute Gasteiger partial charge is 0.167 e. The van der Waals surface area contributed by atoms with Gasteiger partial charge >= 0.3 is 0 Å². The van der Waals surface area contributed by atoms with Gasteiger partial charge in [-0.1, -0.05) is 12.1 Å². The molecule has 1 heterocycles. The van der Waals surface area contributed by atoms with Gasteiger partial charge in [0.2, 0.25) is 0 Å². The van der Waals surface area contributed by atoms with Crippen molar-refractivity contribution in [2.24, 2.45) is 0 Å². The number of thiazole rings is 1. The molecule has 0 saturated heterocycles. The number of ketones is 1. The highest BCUT2D eigenvalue weighted by atomic mass is 32.1. The number of carbonyl (C=O) groups excluding carboxylic acids is 1. The van der Waals surface area contributed by atoms with Crippen molar-refractivity contribution in [1.29, 1.82) is 0 Å². The summed E-state index contributed by atoms with van der Waals surface area (Å²) in [5, 5.41) is 0. The summed E-state index contributed by atoms with van der Waals surface area (Å²) in [6, 6.07) is 6.12. The van der Waals surface area contributed by atoms with Crippen LogP contribution < -0.4 is 0 Å². The highest BCUT2D eigenvalue weighted by Gasteiger charge is 2.12. The monoisotopic (exact) mass is 292 g/mol. The third-order valence-corrected chi connectivity index (χ3v) is 4.07. The molecule has 0 spiro atoms. The molecule has 0 aliphatic rings. The van der Waals surface area contributed by atoms with Crippen molar-refractivity contribution < 1.29 is 9.18 Å². The van der Waals surface area contributed by atoms with E-state index in [-0.39, 0.29) is 11.3 Å². The van der Waals surface area contributed by atoms with Crippen LogP contribution in [-0.2, 0) is 6.54 Å². The van der Waals surface area contributed by atoms with Crippen molar-refractivity contribution >= 4 is 17.1 Å². The Kier molecular flexibility index (Phi) is 4.98. The minimum atomic E-state index is -0.446. The molecule has 0 bridgehead atoms. The molecule has 0 fully saturated rings. The van der Waals surface area contributed by atoms with Crippen LogP contribution in [0.5, 0.6) is 0 Å². The Morgan fingerprint density at radius 3 is 2.80 bits per heavy atom. The lowest BCUT2D eigenvalue weighted by Gasteiger charge is -2.15. The highest BCUT2D eigenvalue weighted by Crippen LogP contribution is 2.15. The van der Waals surface area contributed by atoms with Crippen LogP contribution in [0.15, 0.2) is 29.8 Å². The molecule has 3 nitrogen and oxygen atoms in total. The Hall–Kier alpha value is -1.59. The second-order valence-corrected chi connectivity index (χ2v) is 5.69. The lowest BCUT2D eigenvalue weighted by molar-refractivity contribution is 0.0964. The molecule has 0 saturated carbocycles. The number of hydrogen-bond donors (Lipinski definition) is 0. The topological polar surface area (TPSA) is 33.2 Å². The van der Waals surface area contributed by atoms with E-state index in [1.54, 1.807) is 23.5 Å². The second-order valence-electron chi connectivity index (χ2n) is 4.75. The molecular weight excluding hydrogens is 275 g/mol. The first kappa shape index (κ1) is 14.8. The van der Waals surface area contributed by atoms with Gasteiger partial charge in [0.05, 0.1) is 16.8 Å². The predicted molar refractivity (Wildman–Crippen MR) is 78.5 cm³/mol. The normalized spacial score (nSPS) is 11.0. The maximum atomic E-state index is 13.5. The third-order valence-electron chi connectivity index (χ3n) is 3.15. The molecule has 0 aliphatic carbocycles. The number of hydrogen-bond acceptors (Lipinski definition) is 4. The molecule has 0 N–H and O–H groups in total. The predicted octanol–water partition coefficient (Wildman–Crippen LogP) is 3.30. The summed E-state index contributed by atoms with van der Waals surface area (Å²) in [4.78, 5) is 19.4. The Bertz CT molecular complexity index is 597. The zero-order valence-electron chi connectivity index (χ0n) is 11.6. The van der Waals surface area contributed by atoms with Gasteiger partial charge in [-0.25, -0.2) is 9.37 Å².